The van der Waals surface area contributed by atoms with Gasteiger partial charge in [0.2, 0.25) is 0 Å². The van der Waals surface area contributed by atoms with Crippen LogP contribution in [0, 0.1) is 5.82 Å². The van der Waals surface area contributed by atoms with Gasteiger partial charge in [0.25, 0.3) is 0 Å². The van der Waals surface area contributed by atoms with E-state index in [1.807, 2.05) is 0 Å². The molecule has 0 spiro atoms. The van der Waals surface area contributed by atoms with Crippen LogP contribution in [0.2, 0.25) is 0 Å². The second-order valence-electron chi connectivity index (χ2n) is 3.91. The Morgan fingerprint density at radius 2 is 1.67 bits per heavy atom. The Balaban J connectivity index is 3.21. The Kier molecular flexibility index (Phi) is 2.78. The van der Waals surface area contributed by atoms with Gasteiger partial charge in [-0.1, -0.05) is 6.07 Å². The van der Waals surface area contributed by atoms with Crippen LogP contribution in [0.3, 0.4) is 0 Å². The lowest BCUT2D eigenvalue weighted by molar-refractivity contribution is -0.137. The quantitative estimate of drug-likeness (QED) is 0.725. The second-order valence-corrected chi connectivity index (χ2v) is 3.91. The van der Waals surface area contributed by atoms with E-state index in [2.05, 4.69) is 0 Å². The minimum absolute atomic E-state index is 0.0653. The molecule has 84 valence electrons. The van der Waals surface area contributed by atoms with Crippen molar-refractivity contribution in [2.45, 2.75) is 25.6 Å². The number of benzene rings is 1. The van der Waals surface area contributed by atoms with Gasteiger partial charge in [0, 0.05) is 11.1 Å². The third-order valence-corrected chi connectivity index (χ3v) is 1.99. The zero-order valence-electron chi connectivity index (χ0n) is 8.32. The van der Waals surface area contributed by atoms with Crippen LogP contribution in [0.1, 0.15) is 25.0 Å². The number of alkyl halides is 3. The first-order valence-electron chi connectivity index (χ1n) is 4.28. The predicted octanol–water partition coefficient (Wildman–Crippen LogP) is 3.04. The van der Waals surface area contributed by atoms with E-state index in [0.717, 1.165) is 12.1 Å². The molecule has 0 atom stereocenters. The number of hydrogen-bond acceptors (Lipinski definition) is 1. The van der Waals surface area contributed by atoms with Gasteiger partial charge >= 0.3 is 6.18 Å². The van der Waals surface area contributed by atoms with Crippen molar-refractivity contribution in [3.8, 4) is 0 Å². The highest BCUT2D eigenvalue weighted by Gasteiger charge is 2.32. The summed E-state index contributed by atoms with van der Waals surface area (Å²) in [5.74, 6) is -0.933. The molecule has 0 saturated heterocycles. The van der Waals surface area contributed by atoms with Gasteiger partial charge in [-0.3, -0.25) is 0 Å². The Bertz CT molecular complexity index is 363. The summed E-state index contributed by atoms with van der Waals surface area (Å²) in [6, 6.07) is 2.36. The van der Waals surface area contributed by atoms with Crippen LogP contribution >= 0.6 is 0 Å². The first-order chi connectivity index (χ1) is 6.62. The summed E-state index contributed by atoms with van der Waals surface area (Å²) >= 11 is 0. The smallest absolute Gasteiger partial charge is 0.322 e. The summed E-state index contributed by atoms with van der Waals surface area (Å²) in [4.78, 5) is 0. The molecule has 0 aliphatic heterocycles. The lowest BCUT2D eigenvalue weighted by atomic mass is 9.94. The van der Waals surface area contributed by atoms with Crippen molar-refractivity contribution in [2.75, 3.05) is 0 Å². The number of nitrogens with two attached hydrogens (primary N) is 1. The van der Waals surface area contributed by atoms with E-state index in [9.17, 15) is 17.6 Å². The van der Waals surface area contributed by atoms with Crippen LogP contribution in [-0.4, -0.2) is 0 Å². The molecule has 0 amide bonds. The summed E-state index contributed by atoms with van der Waals surface area (Å²) in [5, 5.41) is 0. The van der Waals surface area contributed by atoms with Crippen LogP contribution in [-0.2, 0) is 11.7 Å². The summed E-state index contributed by atoms with van der Waals surface area (Å²) in [5.41, 5.74) is 3.66. The fraction of sp³-hybridized carbons (Fsp3) is 0.400. The normalized spacial score (nSPS) is 13.0. The molecule has 2 N–H and O–H groups in total. The van der Waals surface area contributed by atoms with Crippen molar-refractivity contribution >= 4 is 0 Å². The molecule has 1 nitrogen and oxygen atoms in total. The highest BCUT2D eigenvalue weighted by Crippen LogP contribution is 2.31. The predicted molar refractivity (Wildman–Crippen MR) is 48.6 cm³/mol. The summed E-state index contributed by atoms with van der Waals surface area (Å²) < 4.78 is 49.9. The van der Waals surface area contributed by atoms with Crippen molar-refractivity contribution in [3.05, 3.63) is 35.1 Å². The topological polar surface area (TPSA) is 26.0 Å². The van der Waals surface area contributed by atoms with Crippen molar-refractivity contribution < 1.29 is 17.6 Å². The summed E-state index contributed by atoms with van der Waals surface area (Å²) in [6.07, 6.45) is -4.53. The van der Waals surface area contributed by atoms with Crippen LogP contribution in [0.5, 0.6) is 0 Å². The Hall–Kier alpha value is -1.10. The van der Waals surface area contributed by atoms with Crippen molar-refractivity contribution in [1.29, 1.82) is 0 Å². The molecule has 0 radical (unpaired) electrons. The molecule has 1 rings (SSSR count). The molecule has 0 aromatic heterocycles. The molecule has 0 saturated carbocycles. The minimum Gasteiger partial charge on any atom is -0.322 e. The maximum absolute atomic E-state index is 13.3. The zero-order chi connectivity index (χ0) is 11.9. The van der Waals surface area contributed by atoms with Gasteiger partial charge in [0.05, 0.1) is 5.56 Å². The standard InChI is InChI=1S/C10H11F4N/c1-9(2,15)7-4-3-6(5-8(7)11)10(12,13)14/h3-5H,15H2,1-2H3. The van der Waals surface area contributed by atoms with E-state index in [0.29, 0.717) is 6.07 Å². The maximum Gasteiger partial charge on any atom is 0.416 e. The van der Waals surface area contributed by atoms with Crippen molar-refractivity contribution in [3.63, 3.8) is 0 Å². The summed E-state index contributed by atoms with van der Waals surface area (Å²) in [7, 11) is 0. The molecule has 0 fully saturated rings. The number of hydrogen-bond donors (Lipinski definition) is 1. The summed E-state index contributed by atoms with van der Waals surface area (Å²) in [6.45, 7) is 3.05. The lowest BCUT2D eigenvalue weighted by Crippen LogP contribution is -2.30. The molecular weight excluding hydrogens is 210 g/mol. The van der Waals surface area contributed by atoms with E-state index in [4.69, 9.17) is 5.73 Å². The lowest BCUT2D eigenvalue weighted by Gasteiger charge is -2.20. The molecule has 0 aliphatic rings. The Morgan fingerprint density at radius 1 is 1.13 bits per heavy atom. The number of halogens is 4. The Morgan fingerprint density at radius 3 is 2.00 bits per heavy atom. The van der Waals surface area contributed by atoms with E-state index in [1.165, 1.54) is 13.8 Å². The van der Waals surface area contributed by atoms with Gasteiger partial charge in [-0.05, 0) is 26.0 Å². The molecule has 0 heterocycles. The van der Waals surface area contributed by atoms with Crippen LogP contribution in [0.25, 0.3) is 0 Å². The first kappa shape index (κ1) is 12.0. The van der Waals surface area contributed by atoms with E-state index in [-0.39, 0.29) is 5.56 Å². The molecule has 0 bridgehead atoms. The average Bonchev–Trinajstić information content (AvgIpc) is 1.99. The largest absolute Gasteiger partial charge is 0.416 e. The van der Waals surface area contributed by atoms with Gasteiger partial charge in [0.1, 0.15) is 5.82 Å². The fourth-order valence-electron chi connectivity index (χ4n) is 1.21. The molecule has 5 heteroatoms. The SMILES string of the molecule is CC(C)(N)c1ccc(C(F)(F)F)cc1F. The highest BCUT2D eigenvalue weighted by molar-refractivity contribution is 5.30. The van der Waals surface area contributed by atoms with E-state index >= 15 is 0 Å². The maximum atomic E-state index is 13.3. The number of rotatable bonds is 1. The highest BCUT2D eigenvalue weighted by atomic mass is 19.4. The van der Waals surface area contributed by atoms with Crippen LogP contribution in [0.15, 0.2) is 18.2 Å². The molecule has 0 aliphatic carbocycles. The third-order valence-electron chi connectivity index (χ3n) is 1.99. The molecule has 1 aromatic carbocycles. The molecule has 0 unspecified atom stereocenters. The van der Waals surface area contributed by atoms with Crippen LogP contribution < -0.4 is 5.73 Å². The van der Waals surface area contributed by atoms with Crippen molar-refractivity contribution in [1.82, 2.24) is 0 Å². The monoisotopic (exact) mass is 221 g/mol. The third kappa shape index (κ3) is 2.68. The Labute approximate surface area is 84.9 Å². The van der Waals surface area contributed by atoms with Crippen LogP contribution in [0.4, 0.5) is 17.6 Å². The van der Waals surface area contributed by atoms with Gasteiger partial charge in [-0.15, -0.1) is 0 Å². The zero-order valence-corrected chi connectivity index (χ0v) is 8.32. The van der Waals surface area contributed by atoms with Gasteiger partial charge in [0.15, 0.2) is 0 Å². The molecule has 1 aromatic rings. The van der Waals surface area contributed by atoms with Gasteiger partial charge < -0.3 is 5.73 Å². The average molecular weight is 221 g/mol. The first-order valence-corrected chi connectivity index (χ1v) is 4.28. The van der Waals surface area contributed by atoms with Gasteiger partial charge in [-0.25, -0.2) is 4.39 Å². The fourth-order valence-corrected chi connectivity index (χ4v) is 1.21. The van der Waals surface area contributed by atoms with Gasteiger partial charge in [-0.2, -0.15) is 13.2 Å². The minimum atomic E-state index is -4.53. The second kappa shape index (κ2) is 3.48. The van der Waals surface area contributed by atoms with E-state index < -0.39 is 23.1 Å². The van der Waals surface area contributed by atoms with Crippen molar-refractivity contribution in [2.24, 2.45) is 5.73 Å². The molecular formula is C10H11F4N. The van der Waals surface area contributed by atoms with E-state index in [1.54, 1.807) is 0 Å². The molecule has 15 heavy (non-hydrogen) atoms.